The Hall–Kier alpha value is -1.49. The maximum Gasteiger partial charge on any atom is 0.131 e. The molecule has 0 spiro atoms. The van der Waals surface area contributed by atoms with Crippen molar-refractivity contribution in [3.8, 4) is 11.3 Å². The summed E-state index contributed by atoms with van der Waals surface area (Å²) in [5.41, 5.74) is 2.78. The van der Waals surface area contributed by atoms with Crippen LogP contribution in [0.1, 0.15) is 16.7 Å². The van der Waals surface area contributed by atoms with E-state index in [4.69, 9.17) is 0 Å². The summed E-state index contributed by atoms with van der Waals surface area (Å²) < 4.78 is 1.01. The van der Waals surface area contributed by atoms with Crippen molar-refractivity contribution < 1.29 is 5.11 Å². The minimum absolute atomic E-state index is 0.669. The number of hydrogen-bond acceptors (Lipinski definition) is 3. The molecule has 1 aromatic heterocycles. The molecule has 0 amide bonds. The number of aromatic nitrogens is 1. The Morgan fingerprint density at radius 3 is 2.45 bits per heavy atom. The van der Waals surface area contributed by atoms with Crippen LogP contribution in [-0.4, -0.2) is 10.1 Å². The Labute approximate surface area is 129 Å². The number of halogens is 1. The molecule has 2 aromatic carbocycles. The fourth-order valence-electron chi connectivity index (χ4n) is 1.98. The molecule has 2 nitrogen and oxygen atoms in total. The van der Waals surface area contributed by atoms with E-state index >= 15 is 0 Å². The molecule has 1 N–H and O–H groups in total. The molecule has 0 bridgehead atoms. The molecule has 0 saturated heterocycles. The largest absolute Gasteiger partial charge is 0.381 e. The lowest BCUT2D eigenvalue weighted by Gasteiger charge is -2.07. The second-order valence-corrected chi connectivity index (χ2v) is 6.11. The lowest BCUT2D eigenvalue weighted by Crippen LogP contribution is -1.98. The highest BCUT2D eigenvalue weighted by Gasteiger charge is 2.15. The monoisotopic (exact) mass is 345 g/mol. The molecule has 20 heavy (non-hydrogen) atoms. The highest BCUT2D eigenvalue weighted by molar-refractivity contribution is 9.10. The topological polar surface area (TPSA) is 33.1 Å². The summed E-state index contributed by atoms with van der Waals surface area (Å²) in [5.74, 6) is 0. The van der Waals surface area contributed by atoms with Crippen LogP contribution in [-0.2, 0) is 0 Å². The van der Waals surface area contributed by atoms with E-state index in [1.54, 1.807) is 0 Å². The van der Waals surface area contributed by atoms with Crippen molar-refractivity contribution in [3.05, 3.63) is 75.0 Å². The lowest BCUT2D eigenvalue weighted by atomic mass is 10.1. The molecule has 3 aromatic rings. The van der Waals surface area contributed by atoms with Crippen molar-refractivity contribution in [1.29, 1.82) is 0 Å². The Morgan fingerprint density at radius 1 is 1.00 bits per heavy atom. The van der Waals surface area contributed by atoms with Crippen LogP contribution in [0.4, 0.5) is 0 Å². The van der Waals surface area contributed by atoms with E-state index in [1.807, 2.05) is 60.0 Å². The number of thiazole rings is 1. The first-order chi connectivity index (χ1) is 9.75. The summed E-state index contributed by atoms with van der Waals surface area (Å²) in [6, 6.07) is 17.5. The maximum atomic E-state index is 10.4. The van der Waals surface area contributed by atoms with Crippen LogP contribution < -0.4 is 0 Å². The molecule has 3 rings (SSSR count). The number of aliphatic hydroxyl groups excluding tert-OH is 1. The second kappa shape index (κ2) is 5.87. The van der Waals surface area contributed by atoms with Crippen molar-refractivity contribution in [3.63, 3.8) is 0 Å². The Balaban J connectivity index is 1.93. The van der Waals surface area contributed by atoms with E-state index in [2.05, 4.69) is 20.9 Å². The predicted octanol–water partition coefficient (Wildman–Crippen LogP) is 4.65. The van der Waals surface area contributed by atoms with Gasteiger partial charge in [-0.15, -0.1) is 11.3 Å². The highest BCUT2D eigenvalue weighted by Crippen LogP contribution is 2.32. The fourth-order valence-corrected chi connectivity index (χ4v) is 3.30. The molecule has 0 saturated carbocycles. The van der Waals surface area contributed by atoms with Crippen LogP contribution in [0.15, 0.2) is 64.5 Å². The molecule has 4 heteroatoms. The van der Waals surface area contributed by atoms with Crippen LogP contribution in [0.5, 0.6) is 0 Å². The number of rotatable bonds is 3. The first-order valence-electron chi connectivity index (χ1n) is 6.19. The van der Waals surface area contributed by atoms with Crippen molar-refractivity contribution in [2.75, 3.05) is 0 Å². The van der Waals surface area contributed by atoms with Gasteiger partial charge in [0.1, 0.15) is 11.1 Å². The summed E-state index contributed by atoms with van der Waals surface area (Å²) in [7, 11) is 0. The molecule has 0 fully saturated rings. The van der Waals surface area contributed by atoms with Crippen molar-refractivity contribution in [2.45, 2.75) is 6.10 Å². The van der Waals surface area contributed by atoms with Gasteiger partial charge in [-0.2, -0.15) is 0 Å². The third-order valence-corrected chi connectivity index (χ3v) is 4.61. The van der Waals surface area contributed by atoms with Crippen LogP contribution in [0, 0.1) is 0 Å². The number of benzene rings is 2. The van der Waals surface area contributed by atoms with Crippen LogP contribution in [0.25, 0.3) is 11.3 Å². The molecule has 1 unspecified atom stereocenters. The quantitative estimate of drug-likeness (QED) is 0.749. The van der Waals surface area contributed by atoms with Gasteiger partial charge in [-0.1, -0.05) is 64.5 Å². The zero-order chi connectivity index (χ0) is 13.9. The number of nitrogens with zero attached hydrogens (tertiary/aromatic N) is 1. The zero-order valence-electron chi connectivity index (χ0n) is 10.5. The van der Waals surface area contributed by atoms with Gasteiger partial charge in [0.05, 0.1) is 5.69 Å². The molecule has 0 aliphatic heterocycles. The van der Waals surface area contributed by atoms with Gasteiger partial charge in [0.15, 0.2) is 0 Å². The van der Waals surface area contributed by atoms with Gasteiger partial charge in [-0.05, 0) is 11.6 Å². The molecule has 0 radical (unpaired) electrons. The summed E-state index contributed by atoms with van der Waals surface area (Å²) in [5, 5.41) is 13.0. The van der Waals surface area contributed by atoms with Crippen molar-refractivity contribution >= 4 is 27.3 Å². The molecule has 100 valence electrons. The van der Waals surface area contributed by atoms with Gasteiger partial charge in [-0.3, -0.25) is 0 Å². The Bertz CT molecular complexity index is 711. The van der Waals surface area contributed by atoms with E-state index < -0.39 is 6.10 Å². The minimum atomic E-state index is -0.669. The molecule has 1 atom stereocenters. The molecular weight excluding hydrogens is 334 g/mol. The summed E-state index contributed by atoms with van der Waals surface area (Å²) in [4.78, 5) is 4.56. The van der Waals surface area contributed by atoms with Gasteiger partial charge < -0.3 is 5.11 Å². The average Bonchev–Trinajstić information content (AvgIpc) is 2.97. The predicted molar refractivity (Wildman–Crippen MR) is 85.8 cm³/mol. The van der Waals surface area contributed by atoms with E-state index in [0.29, 0.717) is 5.01 Å². The highest BCUT2D eigenvalue weighted by atomic mass is 79.9. The SMILES string of the molecule is OC(c1ccccc1)c1nc(-c2ccccc2Br)cs1. The van der Waals surface area contributed by atoms with Gasteiger partial charge in [0, 0.05) is 15.4 Å². The molecule has 1 heterocycles. The Morgan fingerprint density at radius 2 is 1.70 bits per heavy atom. The third-order valence-electron chi connectivity index (χ3n) is 3.02. The molecule has 0 aliphatic rings. The minimum Gasteiger partial charge on any atom is -0.381 e. The zero-order valence-corrected chi connectivity index (χ0v) is 12.9. The lowest BCUT2D eigenvalue weighted by molar-refractivity contribution is 0.220. The first kappa shape index (κ1) is 13.5. The van der Waals surface area contributed by atoms with Crippen molar-refractivity contribution in [2.24, 2.45) is 0 Å². The molecule has 0 aliphatic carbocycles. The van der Waals surface area contributed by atoms with E-state index in [1.165, 1.54) is 11.3 Å². The van der Waals surface area contributed by atoms with E-state index in [-0.39, 0.29) is 0 Å². The van der Waals surface area contributed by atoms with Gasteiger partial charge >= 0.3 is 0 Å². The van der Waals surface area contributed by atoms with E-state index in [9.17, 15) is 5.11 Å². The summed E-state index contributed by atoms with van der Waals surface area (Å²) in [6.45, 7) is 0. The van der Waals surface area contributed by atoms with Gasteiger partial charge in [0.2, 0.25) is 0 Å². The summed E-state index contributed by atoms with van der Waals surface area (Å²) >= 11 is 5.00. The smallest absolute Gasteiger partial charge is 0.131 e. The standard InChI is InChI=1S/C16H12BrNOS/c17-13-9-5-4-8-12(13)14-10-20-16(18-14)15(19)11-6-2-1-3-7-11/h1-10,15,19H. The normalized spacial score (nSPS) is 12.3. The van der Waals surface area contributed by atoms with Crippen LogP contribution >= 0.6 is 27.3 Å². The average molecular weight is 346 g/mol. The summed E-state index contributed by atoms with van der Waals surface area (Å²) in [6.07, 6.45) is -0.669. The number of hydrogen-bond donors (Lipinski definition) is 1. The van der Waals surface area contributed by atoms with Crippen LogP contribution in [0.2, 0.25) is 0 Å². The number of aliphatic hydroxyl groups is 1. The maximum absolute atomic E-state index is 10.4. The molecular formula is C16H12BrNOS. The van der Waals surface area contributed by atoms with E-state index in [0.717, 1.165) is 21.3 Å². The first-order valence-corrected chi connectivity index (χ1v) is 7.86. The third kappa shape index (κ3) is 2.68. The Kier molecular flexibility index (Phi) is 3.96. The van der Waals surface area contributed by atoms with Crippen LogP contribution in [0.3, 0.4) is 0 Å². The second-order valence-electron chi connectivity index (χ2n) is 4.36. The van der Waals surface area contributed by atoms with Gasteiger partial charge in [-0.25, -0.2) is 4.98 Å². The fraction of sp³-hybridized carbons (Fsp3) is 0.0625. The van der Waals surface area contributed by atoms with Gasteiger partial charge in [0.25, 0.3) is 0 Å². The van der Waals surface area contributed by atoms with Crippen molar-refractivity contribution in [1.82, 2.24) is 4.98 Å².